The Balaban J connectivity index is 0.000000804. The molecule has 3 N–H and O–H groups in total. The third-order valence-electron chi connectivity index (χ3n) is 5.38. The molecule has 0 bridgehead atoms. The Labute approximate surface area is 227 Å². The molecule has 1 radical (unpaired) electrons. The molecule has 2 heterocycles. The van der Waals surface area contributed by atoms with Crippen molar-refractivity contribution in [1.29, 1.82) is 0 Å². The van der Waals surface area contributed by atoms with E-state index in [-0.39, 0.29) is 67.7 Å². The van der Waals surface area contributed by atoms with Crippen LogP contribution >= 0.6 is 0 Å². The minimum absolute atomic E-state index is 0. The Morgan fingerprint density at radius 3 is 2.06 bits per heavy atom. The molecular weight excluding hydrogens is 539 g/mol. The number of aromatic nitrogens is 2. The van der Waals surface area contributed by atoms with Gasteiger partial charge in [-0.3, -0.25) is 10.4 Å². The van der Waals surface area contributed by atoms with Gasteiger partial charge in [0.1, 0.15) is 34.3 Å². The van der Waals surface area contributed by atoms with Crippen LogP contribution in [0.3, 0.4) is 0 Å². The molecule has 35 heavy (non-hydrogen) atoms. The van der Waals surface area contributed by atoms with Gasteiger partial charge >= 0.3 is 0 Å². The van der Waals surface area contributed by atoms with E-state index in [1.54, 1.807) is 37.4 Å². The maximum atomic E-state index is 15.7. The van der Waals surface area contributed by atoms with Crippen LogP contribution in [-0.4, -0.2) is 64.9 Å². The Morgan fingerprint density at radius 2 is 1.54 bits per heavy atom. The minimum atomic E-state index is -1.46. The van der Waals surface area contributed by atoms with Crippen LogP contribution in [0.25, 0.3) is 22.3 Å². The second kappa shape index (κ2) is 12.8. The summed E-state index contributed by atoms with van der Waals surface area (Å²) in [4.78, 5) is 0. The molecule has 9 nitrogen and oxygen atoms in total. The second-order valence-electron chi connectivity index (χ2n) is 7.66. The number of rotatable bonds is 5. The summed E-state index contributed by atoms with van der Waals surface area (Å²) < 4.78 is 42.1. The van der Waals surface area contributed by atoms with Crippen LogP contribution in [0.2, 0.25) is 0 Å². The molecule has 187 valence electrons. The Morgan fingerprint density at radius 1 is 1.00 bits per heavy atom. The first-order valence-electron chi connectivity index (χ1n) is 10.4. The van der Waals surface area contributed by atoms with Crippen molar-refractivity contribution in [1.82, 2.24) is 15.0 Å². The average molecular weight is 566 g/mol. The molecule has 1 aliphatic rings. The largest absolute Gasteiger partial charge is 0.662 e. The first-order chi connectivity index (χ1) is 16.2. The maximum absolute atomic E-state index is 15.7. The van der Waals surface area contributed by atoms with Crippen LogP contribution in [0.4, 0.5) is 8.78 Å². The predicted molar refractivity (Wildman–Crippen MR) is 120 cm³/mol. The number of nitrogens with zero attached hydrogens (tertiary/aromatic N) is 4. The van der Waals surface area contributed by atoms with Gasteiger partial charge in [-0.1, -0.05) is 5.23 Å². The standard InChI is InChI=1S/C22H22F2N3O3.CH5NO2.Y/c1-29-15-5-3-14(4-6-15)27-20(17-8-7-16(30-2)13-18(17)23)19(24)21(26-27)22(28)9-11-25-12-10-22;1-2(3)4;/h3-8,13,28H,9-12H2,1-2H3;3-4H,1H3;/q-1;;. The molecule has 1 aliphatic heterocycles. The van der Waals surface area contributed by atoms with E-state index >= 15 is 4.39 Å². The molecule has 4 rings (SSSR count). The molecule has 0 saturated carbocycles. The summed E-state index contributed by atoms with van der Waals surface area (Å²) in [7, 11) is 4.08. The fourth-order valence-electron chi connectivity index (χ4n) is 3.66. The summed E-state index contributed by atoms with van der Waals surface area (Å²) in [6.07, 6.45) is 0.516. The van der Waals surface area contributed by atoms with E-state index in [1.807, 2.05) is 0 Å². The van der Waals surface area contributed by atoms with Crippen LogP contribution in [0.5, 0.6) is 11.5 Å². The van der Waals surface area contributed by atoms with Crippen molar-refractivity contribution in [2.75, 3.05) is 34.4 Å². The fourth-order valence-corrected chi connectivity index (χ4v) is 3.66. The zero-order valence-electron chi connectivity index (χ0n) is 19.7. The third kappa shape index (κ3) is 6.82. The smallest absolute Gasteiger partial charge is 0.175 e. The number of aliphatic hydroxyl groups is 1. The van der Waals surface area contributed by atoms with Crippen molar-refractivity contribution in [2.45, 2.75) is 18.4 Å². The molecule has 2 aromatic carbocycles. The van der Waals surface area contributed by atoms with Gasteiger partial charge in [-0.25, -0.2) is 13.5 Å². The zero-order chi connectivity index (χ0) is 24.9. The SMILES string of the molecule is CN(O)O.COc1ccc(-n2nc(C3(O)CC[N-]CC3)c(F)c2-c2ccc(OC)cc2F)cc1.[Y]. The van der Waals surface area contributed by atoms with E-state index in [0.717, 1.165) is 7.05 Å². The number of methoxy groups -OCH3 is 2. The predicted octanol–water partition coefficient (Wildman–Crippen LogP) is 3.88. The molecule has 3 aromatic rings. The molecular formula is C23H27F2N4O5Y-. The van der Waals surface area contributed by atoms with Gasteiger partial charge in [0, 0.05) is 51.4 Å². The molecule has 0 unspecified atom stereocenters. The quantitative estimate of drug-likeness (QED) is 0.402. The first-order valence-corrected chi connectivity index (χ1v) is 10.4. The van der Waals surface area contributed by atoms with Gasteiger partial charge in [0.15, 0.2) is 5.82 Å². The molecule has 1 saturated heterocycles. The summed E-state index contributed by atoms with van der Waals surface area (Å²) >= 11 is 0. The van der Waals surface area contributed by atoms with Crippen LogP contribution in [-0.2, 0) is 38.3 Å². The van der Waals surface area contributed by atoms with Crippen LogP contribution < -0.4 is 9.47 Å². The monoisotopic (exact) mass is 566 g/mol. The van der Waals surface area contributed by atoms with E-state index in [0.29, 0.717) is 30.3 Å². The number of hydrogen-bond donors (Lipinski definition) is 3. The van der Waals surface area contributed by atoms with Crippen molar-refractivity contribution in [3.8, 4) is 28.4 Å². The third-order valence-corrected chi connectivity index (χ3v) is 5.38. The van der Waals surface area contributed by atoms with E-state index in [1.165, 1.54) is 23.9 Å². The van der Waals surface area contributed by atoms with Crippen molar-refractivity contribution >= 4 is 0 Å². The van der Waals surface area contributed by atoms with E-state index in [4.69, 9.17) is 19.9 Å². The minimum Gasteiger partial charge on any atom is -0.662 e. The first kappa shape index (κ1) is 29.2. The molecule has 0 aliphatic carbocycles. The van der Waals surface area contributed by atoms with Gasteiger partial charge in [-0.15, -0.1) is 13.1 Å². The Bertz CT molecular complexity index is 1100. The number of benzene rings is 2. The number of halogens is 2. The average Bonchev–Trinajstić information content (AvgIpc) is 3.17. The summed E-state index contributed by atoms with van der Waals surface area (Å²) in [6, 6.07) is 11.0. The summed E-state index contributed by atoms with van der Waals surface area (Å²) in [5, 5.41) is 34.6. The molecule has 1 aromatic heterocycles. The van der Waals surface area contributed by atoms with Crippen LogP contribution in [0, 0.1) is 11.6 Å². The van der Waals surface area contributed by atoms with Crippen molar-refractivity contribution in [2.24, 2.45) is 0 Å². The fraction of sp³-hybridized carbons (Fsp3) is 0.348. The number of hydrogen-bond acceptors (Lipinski definition) is 7. The van der Waals surface area contributed by atoms with Crippen molar-refractivity contribution < 1.29 is 66.5 Å². The number of ether oxygens (including phenoxy) is 2. The summed E-state index contributed by atoms with van der Waals surface area (Å²) in [5.41, 5.74) is -1.09. The van der Waals surface area contributed by atoms with Gasteiger partial charge in [0.2, 0.25) is 0 Å². The normalized spacial score (nSPS) is 14.5. The van der Waals surface area contributed by atoms with Crippen molar-refractivity contribution in [3.05, 3.63) is 65.1 Å². The van der Waals surface area contributed by atoms with Crippen LogP contribution in [0.15, 0.2) is 42.5 Å². The van der Waals surface area contributed by atoms with Gasteiger partial charge in [0.05, 0.1) is 19.9 Å². The number of piperidine rings is 1. The van der Waals surface area contributed by atoms with Gasteiger partial charge in [-0.05, 0) is 49.2 Å². The van der Waals surface area contributed by atoms with Gasteiger partial charge in [0.25, 0.3) is 0 Å². The molecule has 0 spiro atoms. The second-order valence-corrected chi connectivity index (χ2v) is 7.66. The molecule has 12 heteroatoms. The summed E-state index contributed by atoms with van der Waals surface area (Å²) in [6.45, 7) is 0.829. The molecule has 0 atom stereocenters. The van der Waals surface area contributed by atoms with Gasteiger partial charge < -0.3 is 19.9 Å². The maximum Gasteiger partial charge on any atom is 0.175 e. The Hall–Kier alpha value is -1.99. The van der Waals surface area contributed by atoms with E-state index in [9.17, 15) is 9.50 Å². The van der Waals surface area contributed by atoms with Gasteiger partial charge in [-0.2, -0.15) is 5.10 Å². The van der Waals surface area contributed by atoms with E-state index < -0.39 is 17.2 Å². The topological polar surface area (TPSA) is 114 Å². The Kier molecular flexibility index (Phi) is 10.7. The van der Waals surface area contributed by atoms with Crippen LogP contribution in [0.1, 0.15) is 18.5 Å². The molecule has 0 amide bonds. The van der Waals surface area contributed by atoms with Crippen molar-refractivity contribution in [3.63, 3.8) is 0 Å². The molecule has 1 fully saturated rings. The summed E-state index contributed by atoms with van der Waals surface area (Å²) in [5.74, 6) is -0.462. The zero-order valence-corrected chi connectivity index (χ0v) is 22.5. The van der Waals surface area contributed by atoms with E-state index in [2.05, 4.69) is 10.4 Å². The number of hydroxylamine groups is 2.